The zero-order valence-electron chi connectivity index (χ0n) is 9.95. The van der Waals surface area contributed by atoms with Gasteiger partial charge in [0, 0.05) is 6.20 Å². The summed E-state index contributed by atoms with van der Waals surface area (Å²) < 4.78 is 5.31. The molecule has 0 saturated heterocycles. The van der Waals surface area contributed by atoms with Crippen LogP contribution in [-0.4, -0.2) is 19.1 Å². The fraction of sp³-hybridized carbons (Fsp3) is 0.583. The number of rotatable bonds is 5. The van der Waals surface area contributed by atoms with Gasteiger partial charge in [-0.05, 0) is 31.5 Å². The summed E-state index contributed by atoms with van der Waals surface area (Å²) in [6.07, 6.45) is 2.87. The Bertz CT molecular complexity index is 299. The van der Waals surface area contributed by atoms with E-state index in [9.17, 15) is 0 Å². The maximum absolute atomic E-state index is 5.31. The number of nitrogens with one attached hydrogen (secondary N) is 1. The Kier molecular flexibility index (Phi) is 4.56. The molecule has 84 valence electrons. The van der Waals surface area contributed by atoms with Gasteiger partial charge >= 0.3 is 0 Å². The number of ether oxygens (including phenoxy) is 1. The van der Waals surface area contributed by atoms with Crippen molar-refractivity contribution >= 4 is 0 Å². The van der Waals surface area contributed by atoms with E-state index in [1.807, 2.05) is 25.4 Å². The first-order chi connectivity index (χ1) is 7.19. The van der Waals surface area contributed by atoms with Crippen LogP contribution in [0.4, 0.5) is 0 Å². The molecular weight excluding hydrogens is 188 g/mol. The molecule has 0 fully saturated rings. The molecule has 0 saturated carbocycles. The van der Waals surface area contributed by atoms with Crippen molar-refractivity contribution in [2.45, 2.75) is 26.3 Å². The van der Waals surface area contributed by atoms with E-state index in [0.29, 0.717) is 5.92 Å². The predicted octanol–water partition coefficient (Wildman–Crippen LogP) is 2.40. The summed E-state index contributed by atoms with van der Waals surface area (Å²) in [6, 6.07) is 4.11. The largest absolute Gasteiger partial charge is 0.495 e. The molecule has 3 nitrogen and oxygen atoms in total. The van der Waals surface area contributed by atoms with Crippen molar-refractivity contribution in [3.8, 4) is 5.75 Å². The molecule has 0 radical (unpaired) electrons. The highest BCUT2D eigenvalue weighted by Gasteiger charge is 2.16. The Hall–Kier alpha value is -1.09. The van der Waals surface area contributed by atoms with Crippen LogP contribution in [-0.2, 0) is 0 Å². The van der Waals surface area contributed by atoms with Crippen LogP contribution in [0.15, 0.2) is 18.3 Å². The van der Waals surface area contributed by atoms with Crippen LogP contribution < -0.4 is 10.1 Å². The summed E-state index contributed by atoms with van der Waals surface area (Å²) in [5.41, 5.74) is 0.996. The topological polar surface area (TPSA) is 34.2 Å². The van der Waals surface area contributed by atoms with Gasteiger partial charge in [0.2, 0.25) is 0 Å². The Balaban J connectivity index is 2.90. The lowest BCUT2D eigenvalue weighted by Gasteiger charge is -2.19. The fourth-order valence-electron chi connectivity index (χ4n) is 1.67. The summed E-state index contributed by atoms with van der Waals surface area (Å²) in [7, 11) is 3.64. The molecule has 15 heavy (non-hydrogen) atoms. The quantitative estimate of drug-likeness (QED) is 0.806. The van der Waals surface area contributed by atoms with Crippen molar-refractivity contribution < 1.29 is 4.74 Å². The van der Waals surface area contributed by atoms with Crippen LogP contribution in [0.25, 0.3) is 0 Å². The minimum atomic E-state index is 0.265. The van der Waals surface area contributed by atoms with Crippen LogP contribution in [0.1, 0.15) is 32.0 Å². The van der Waals surface area contributed by atoms with Crippen molar-refractivity contribution in [1.29, 1.82) is 0 Å². The number of aromatic nitrogens is 1. The van der Waals surface area contributed by atoms with Crippen molar-refractivity contribution in [3.05, 3.63) is 24.0 Å². The van der Waals surface area contributed by atoms with Crippen LogP contribution in [0.5, 0.6) is 5.75 Å². The molecular formula is C12H20N2O. The second-order valence-corrected chi connectivity index (χ2v) is 4.06. The van der Waals surface area contributed by atoms with E-state index in [1.54, 1.807) is 7.11 Å². The molecule has 0 aromatic carbocycles. The SMILES string of the molecule is CNC(CC(C)C)c1ncccc1OC. The number of nitrogens with zero attached hydrogens (tertiary/aromatic N) is 1. The Morgan fingerprint density at radius 3 is 2.73 bits per heavy atom. The Morgan fingerprint density at radius 2 is 2.20 bits per heavy atom. The average Bonchev–Trinajstić information content (AvgIpc) is 2.25. The molecule has 1 aromatic heterocycles. The first-order valence-electron chi connectivity index (χ1n) is 5.35. The van der Waals surface area contributed by atoms with Gasteiger partial charge in [-0.2, -0.15) is 0 Å². The first kappa shape index (κ1) is 12.0. The van der Waals surface area contributed by atoms with Gasteiger partial charge in [-0.25, -0.2) is 0 Å². The lowest BCUT2D eigenvalue weighted by atomic mass is 10.0. The van der Waals surface area contributed by atoms with Gasteiger partial charge in [0.25, 0.3) is 0 Å². The molecule has 1 unspecified atom stereocenters. The maximum Gasteiger partial charge on any atom is 0.141 e. The molecule has 0 spiro atoms. The van der Waals surface area contributed by atoms with Gasteiger partial charge in [-0.15, -0.1) is 0 Å². The summed E-state index contributed by atoms with van der Waals surface area (Å²) in [5, 5.41) is 3.28. The van der Waals surface area contributed by atoms with E-state index in [2.05, 4.69) is 24.1 Å². The number of hydrogen-bond acceptors (Lipinski definition) is 3. The lowest BCUT2D eigenvalue weighted by Crippen LogP contribution is -2.20. The lowest BCUT2D eigenvalue weighted by molar-refractivity contribution is 0.382. The molecule has 1 aromatic rings. The van der Waals surface area contributed by atoms with Crippen LogP contribution >= 0.6 is 0 Å². The van der Waals surface area contributed by atoms with Crippen molar-refractivity contribution in [3.63, 3.8) is 0 Å². The molecule has 1 atom stereocenters. The van der Waals surface area contributed by atoms with Crippen molar-refractivity contribution in [2.75, 3.05) is 14.2 Å². The van der Waals surface area contributed by atoms with E-state index in [0.717, 1.165) is 17.9 Å². The first-order valence-corrected chi connectivity index (χ1v) is 5.35. The van der Waals surface area contributed by atoms with Gasteiger partial charge in [0.15, 0.2) is 0 Å². The predicted molar refractivity (Wildman–Crippen MR) is 62.0 cm³/mol. The highest BCUT2D eigenvalue weighted by Crippen LogP contribution is 2.26. The number of hydrogen-bond donors (Lipinski definition) is 1. The van der Waals surface area contributed by atoms with E-state index >= 15 is 0 Å². The summed E-state index contributed by atoms with van der Waals surface area (Å²) in [6.45, 7) is 4.42. The minimum absolute atomic E-state index is 0.265. The molecule has 1 heterocycles. The highest BCUT2D eigenvalue weighted by atomic mass is 16.5. The standard InChI is InChI=1S/C12H20N2O/c1-9(2)8-10(13-3)12-11(15-4)6-5-7-14-12/h5-7,9-10,13H,8H2,1-4H3. The van der Waals surface area contributed by atoms with E-state index < -0.39 is 0 Å². The molecule has 0 aliphatic heterocycles. The molecule has 0 amide bonds. The third-order valence-electron chi connectivity index (χ3n) is 2.41. The fourth-order valence-corrected chi connectivity index (χ4v) is 1.67. The van der Waals surface area contributed by atoms with Crippen molar-refractivity contribution in [2.24, 2.45) is 5.92 Å². The van der Waals surface area contributed by atoms with Gasteiger partial charge in [0.05, 0.1) is 18.8 Å². The Morgan fingerprint density at radius 1 is 1.47 bits per heavy atom. The summed E-state index contributed by atoms with van der Waals surface area (Å²) >= 11 is 0. The zero-order valence-corrected chi connectivity index (χ0v) is 9.95. The van der Waals surface area contributed by atoms with E-state index in [4.69, 9.17) is 4.74 Å². The van der Waals surface area contributed by atoms with Gasteiger partial charge in [-0.1, -0.05) is 13.8 Å². The van der Waals surface area contributed by atoms with Gasteiger partial charge in [-0.3, -0.25) is 4.98 Å². The molecule has 1 N–H and O–H groups in total. The molecule has 0 aliphatic rings. The van der Waals surface area contributed by atoms with Gasteiger partial charge in [0.1, 0.15) is 5.75 Å². The smallest absolute Gasteiger partial charge is 0.141 e. The van der Waals surface area contributed by atoms with E-state index in [-0.39, 0.29) is 6.04 Å². The summed E-state index contributed by atoms with van der Waals surface area (Å²) in [4.78, 5) is 4.39. The van der Waals surface area contributed by atoms with Gasteiger partial charge < -0.3 is 10.1 Å². The average molecular weight is 208 g/mol. The zero-order chi connectivity index (χ0) is 11.3. The monoisotopic (exact) mass is 208 g/mol. The Labute approximate surface area is 91.9 Å². The second kappa shape index (κ2) is 5.71. The molecule has 0 bridgehead atoms. The maximum atomic E-state index is 5.31. The third-order valence-corrected chi connectivity index (χ3v) is 2.41. The minimum Gasteiger partial charge on any atom is -0.495 e. The number of methoxy groups -OCH3 is 1. The second-order valence-electron chi connectivity index (χ2n) is 4.06. The number of pyridine rings is 1. The molecule has 3 heteroatoms. The highest BCUT2D eigenvalue weighted by molar-refractivity contribution is 5.29. The third kappa shape index (κ3) is 3.20. The van der Waals surface area contributed by atoms with Crippen LogP contribution in [0.2, 0.25) is 0 Å². The van der Waals surface area contributed by atoms with Crippen molar-refractivity contribution in [1.82, 2.24) is 10.3 Å². The van der Waals surface area contributed by atoms with Crippen LogP contribution in [0, 0.1) is 5.92 Å². The normalized spacial score (nSPS) is 12.9. The molecule has 1 rings (SSSR count). The van der Waals surface area contributed by atoms with E-state index in [1.165, 1.54) is 0 Å². The van der Waals surface area contributed by atoms with Crippen LogP contribution in [0.3, 0.4) is 0 Å². The molecule has 0 aliphatic carbocycles. The summed E-state index contributed by atoms with van der Waals surface area (Å²) in [5.74, 6) is 1.49.